The number of carbonyl (C=O) groups excluding carboxylic acids is 2. The molecule has 0 aromatic heterocycles. The molecule has 2 aromatic rings. The normalized spacial score (nSPS) is 19.0. The number of nitrogens with one attached hydrogen (secondary N) is 1. The fourth-order valence-electron chi connectivity index (χ4n) is 3.83. The van der Waals surface area contributed by atoms with Gasteiger partial charge in [-0.25, -0.2) is 13.2 Å². The summed E-state index contributed by atoms with van der Waals surface area (Å²) >= 11 is 6.31. The summed E-state index contributed by atoms with van der Waals surface area (Å²) in [6, 6.07) is 12.6. The predicted octanol–water partition coefficient (Wildman–Crippen LogP) is 3.22. The van der Waals surface area contributed by atoms with E-state index in [-0.39, 0.29) is 22.8 Å². The highest BCUT2D eigenvalue weighted by Crippen LogP contribution is 2.33. The first-order chi connectivity index (χ1) is 14.7. The zero-order chi connectivity index (χ0) is 22.2. The van der Waals surface area contributed by atoms with E-state index in [0.717, 1.165) is 22.9 Å². The predicted molar refractivity (Wildman–Crippen MR) is 117 cm³/mol. The number of sulfone groups is 1. The van der Waals surface area contributed by atoms with Crippen molar-refractivity contribution in [2.75, 3.05) is 26.0 Å². The van der Waals surface area contributed by atoms with E-state index < -0.39 is 15.9 Å². The fraction of sp³-hybridized carbons (Fsp3) is 0.364. The first kappa shape index (κ1) is 21.6. The Labute approximate surface area is 186 Å². The van der Waals surface area contributed by atoms with Crippen LogP contribution in [0.15, 0.2) is 47.4 Å². The molecule has 2 aliphatic rings. The lowest BCUT2D eigenvalue weighted by Crippen LogP contribution is -2.48. The summed E-state index contributed by atoms with van der Waals surface area (Å²) in [6.45, 7) is 1.67. The molecule has 9 heteroatoms. The van der Waals surface area contributed by atoms with Crippen molar-refractivity contribution in [3.8, 4) is 11.1 Å². The van der Waals surface area contributed by atoms with Gasteiger partial charge in [0.2, 0.25) is 5.91 Å². The number of halogens is 1. The lowest BCUT2D eigenvalue weighted by atomic mass is 9.89. The second-order valence-electron chi connectivity index (χ2n) is 8.01. The molecule has 1 atom stereocenters. The molecule has 2 amide bonds. The average molecular weight is 463 g/mol. The van der Waals surface area contributed by atoms with Crippen LogP contribution in [0.1, 0.15) is 24.3 Å². The molecule has 4 rings (SSSR count). The number of cyclic esters (lactones) is 1. The lowest BCUT2D eigenvalue weighted by molar-refractivity contribution is -0.135. The molecule has 7 nitrogen and oxygen atoms in total. The fourth-order valence-corrected chi connectivity index (χ4v) is 4.83. The van der Waals surface area contributed by atoms with Crippen LogP contribution < -0.4 is 5.32 Å². The Hall–Kier alpha value is -2.58. The van der Waals surface area contributed by atoms with Gasteiger partial charge in [0.15, 0.2) is 9.84 Å². The zero-order valence-corrected chi connectivity index (χ0v) is 18.6. The van der Waals surface area contributed by atoms with Crippen LogP contribution >= 0.6 is 11.6 Å². The van der Waals surface area contributed by atoms with Crippen LogP contribution in [0.5, 0.6) is 0 Å². The first-order valence-electron chi connectivity index (χ1n) is 10.0. The van der Waals surface area contributed by atoms with Gasteiger partial charge < -0.3 is 15.0 Å². The van der Waals surface area contributed by atoms with E-state index in [0.29, 0.717) is 37.6 Å². The van der Waals surface area contributed by atoms with Crippen molar-refractivity contribution in [1.29, 1.82) is 0 Å². The van der Waals surface area contributed by atoms with Crippen molar-refractivity contribution >= 4 is 33.4 Å². The maximum atomic E-state index is 12.3. The molecule has 0 bridgehead atoms. The van der Waals surface area contributed by atoms with Crippen molar-refractivity contribution in [2.45, 2.75) is 29.7 Å². The molecule has 2 saturated heterocycles. The molecule has 2 aliphatic heterocycles. The minimum atomic E-state index is -3.30. The summed E-state index contributed by atoms with van der Waals surface area (Å²) < 4.78 is 28.2. The van der Waals surface area contributed by atoms with Gasteiger partial charge in [-0.3, -0.25) is 4.79 Å². The van der Waals surface area contributed by atoms with Crippen LogP contribution in [-0.2, 0) is 19.4 Å². The SMILES string of the molecule is CS(=O)(=O)c1ccc(-c2ccc(C3CN(C(=O)CC[C@@H]4COC(=O)N4)C3)cc2)c(Cl)c1. The summed E-state index contributed by atoms with van der Waals surface area (Å²) in [5.74, 6) is 0.377. The van der Waals surface area contributed by atoms with Gasteiger partial charge in [-0.2, -0.15) is 0 Å². The van der Waals surface area contributed by atoms with E-state index in [2.05, 4.69) is 5.32 Å². The van der Waals surface area contributed by atoms with Gasteiger partial charge in [-0.1, -0.05) is 41.9 Å². The number of nitrogens with zero attached hydrogens (tertiary/aromatic N) is 1. The Morgan fingerprint density at radius 3 is 2.48 bits per heavy atom. The maximum Gasteiger partial charge on any atom is 0.407 e. The average Bonchev–Trinajstić information content (AvgIpc) is 3.10. The Morgan fingerprint density at radius 1 is 1.19 bits per heavy atom. The van der Waals surface area contributed by atoms with Crippen LogP contribution in [0.25, 0.3) is 11.1 Å². The Bertz CT molecular complexity index is 1110. The summed E-state index contributed by atoms with van der Waals surface area (Å²) in [5, 5.41) is 3.07. The van der Waals surface area contributed by atoms with E-state index >= 15 is 0 Å². The third kappa shape index (κ3) is 4.85. The second-order valence-corrected chi connectivity index (χ2v) is 10.4. The second kappa shape index (κ2) is 8.51. The third-order valence-corrected chi connectivity index (χ3v) is 7.16. The molecule has 0 spiro atoms. The summed E-state index contributed by atoms with van der Waals surface area (Å²) in [5.41, 5.74) is 2.82. The Morgan fingerprint density at radius 2 is 1.90 bits per heavy atom. The highest BCUT2D eigenvalue weighted by Gasteiger charge is 2.32. The van der Waals surface area contributed by atoms with Crippen LogP contribution in [0.2, 0.25) is 5.02 Å². The number of alkyl carbamates (subject to hydrolysis) is 1. The number of hydrogen-bond donors (Lipinski definition) is 1. The summed E-state index contributed by atoms with van der Waals surface area (Å²) in [6.07, 6.45) is 1.71. The molecule has 2 fully saturated rings. The number of carbonyl (C=O) groups is 2. The molecule has 0 saturated carbocycles. The van der Waals surface area contributed by atoms with Gasteiger partial charge in [0, 0.05) is 42.3 Å². The highest BCUT2D eigenvalue weighted by atomic mass is 35.5. The van der Waals surface area contributed by atoms with E-state index in [1.807, 2.05) is 29.2 Å². The molecular weight excluding hydrogens is 440 g/mol. The van der Waals surface area contributed by atoms with Crippen LogP contribution in [0, 0.1) is 0 Å². The molecule has 2 heterocycles. The Kier molecular flexibility index (Phi) is 5.94. The monoisotopic (exact) mass is 462 g/mol. The lowest BCUT2D eigenvalue weighted by Gasteiger charge is -2.40. The molecule has 2 aromatic carbocycles. The third-order valence-electron chi connectivity index (χ3n) is 5.74. The van der Waals surface area contributed by atoms with E-state index in [4.69, 9.17) is 16.3 Å². The maximum absolute atomic E-state index is 12.3. The van der Waals surface area contributed by atoms with Gasteiger partial charge in [0.25, 0.3) is 0 Å². The number of benzene rings is 2. The smallest absolute Gasteiger partial charge is 0.407 e. The number of amides is 2. The number of hydrogen-bond acceptors (Lipinski definition) is 5. The Balaban J connectivity index is 1.32. The molecule has 0 radical (unpaired) electrons. The van der Waals surface area contributed by atoms with Crippen LogP contribution in [-0.4, -0.2) is 57.3 Å². The van der Waals surface area contributed by atoms with Crippen LogP contribution in [0.4, 0.5) is 4.79 Å². The minimum absolute atomic E-state index is 0.0839. The minimum Gasteiger partial charge on any atom is -0.447 e. The van der Waals surface area contributed by atoms with Crippen molar-refractivity contribution in [1.82, 2.24) is 10.2 Å². The quantitative estimate of drug-likeness (QED) is 0.711. The van der Waals surface area contributed by atoms with E-state index in [9.17, 15) is 18.0 Å². The topological polar surface area (TPSA) is 92.8 Å². The molecule has 1 N–H and O–H groups in total. The van der Waals surface area contributed by atoms with Crippen molar-refractivity contribution in [3.63, 3.8) is 0 Å². The first-order valence-corrected chi connectivity index (χ1v) is 12.3. The van der Waals surface area contributed by atoms with Gasteiger partial charge in [-0.05, 0) is 29.7 Å². The zero-order valence-electron chi connectivity index (χ0n) is 17.0. The van der Waals surface area contributed by atoms with Gasteiger partial charge in [-0.15, -0.1) is 0 Å². The van der Waals surface area contributed by atoms with Crippen LogP contribution in [0.3, 0.4) is 0 Å². The number of likely N-dealkylation sites (tertiary alicyclic amines) is 1. The number of rotatable bonds is 6. The summed E-state index contributed by atoms with van der Waals surface area (Å²) in [7, 11) is -3.30. The molecular formula is C22H23ClN2O5S. The molecule has 0 aliphatic carbocycles. The van der Waals surface area contributed by atoms with Gasteiger partial charge >= 0.3 is 6.09 Å². The highest BCUT2D eigenvalue weighted by molar-refractivity contribution is 7.90. The molecule has 0 unspecified atom stereocenters. The number of ether oxygens (including phenoxy) is 1. The van der Waals surface area contributed by atoms with Gasteiger partial charge in [0.05, 0.1) is 10.9 Å². The standard InChI is InChI=1S/C22H23ClN2O5S/c1-31(28,29)18-7-8-19(20(23)10-18)15-4-2-14(3-5-15)16-11-25(12-16)21(26)9-6-17-13-30-22(27)24-17/h2-5,7-8,10,16-17H,6,9,11-13H2,1H3,(H,24,27)/t17-/m1/s1. The van der Waals surface area contributed by atoms with Crippen molar-refractivity contribution in [3.05, 3.63) is 53.1 Å². The largest absolute Gasteiger partial charge is 0.447 e. The molecule has 164 valence electrons. The van der Waals surface area contributed by atoms with E-state index in [1.165, 1.54) is 6.07 Å². The van der Waals surface area contributed by atoms with Crippen molar-refractivity contribution < 1.29 is 22.7 Å². The van der Waals surface area contributed by atoms with Gasteiger partial charge in [0.1, 0.15) is 6.61 Å². The van der Waals surface area contributed by atoms with E-state index in [1.54, 1.807) is 12.1 Å². The van der Waals surface area contributed by atoms with Crippen molar-refractivity contribution in [2.24, 2.45) is 0 Å². The molecule has 31 heavy (non-hydrogen) atoms. The summed E-state index contributed by atoms with van der Waals surface area (Å²) in [4.78, 5) is 25.4.